The van der Waals surface area contributed by atoms with E-state index in [-0.39, 0.29) is 35.1 Å². The van der Waals surface area contributed by atoms with E-state index >= 15 is 0 Å². The summed E-state index contributed by atoms with van der Waals surface area (Å²) in [6.45, 7) is 0.274. The van der Waals surface area contributed by atoms with Crippen molar-refractivity contribution < 1.29 is 14.3 Å². The molecular formula is C26H30N2O3. The van der Waals surface area contributed by atoms with Gasteiger partial charge in [-0.15, -0.1) is 0 Å². The molecule has 0 unspecified atom stereocenters. The molecule has 0 aromatic heterocycles. The number of amides is 2. The zero-order valence-electron chi connectivity index (χ0n) is 17.9. The summed E-state index contributed by atoms with van der Waals surface area (Å²) in [6, 6.07) is 20.0. The van der Waals surface area contributed by atoms with Crippen molar-refractivity contribution in [2.24, 2.45) is 5.41 Å². The Morgan fingerprint density at radius 2 is 1.32 bits per heavy atom. The van der Waals surface area contributed by atoms with Crippen molar-refractivity contribution >= 4 is 12.0 Å². The predicted octanol–water partition coefficient (Wildman–Crippen LogP) is 4.81. The normalized spacial score (nSPS) is 27.9. The van der Waals surface area contributed by atoms with Gasteiger partial charge in [0, 0.05) is 11.0 Å². The number of rotatable bonds is 6. The minimum absolute atomic E-state index is 0.168. The maximum atomic E-state index is 13.4. The first-order valence-corrected chi connectivity index (χ1v) is 11.4. The number of hydrogen-bond donors (Lipinski definition) is 2. The highest BCUT2D eigenvalue weighted by molar-refractivity contribution is 5.84. The zero-order valence-corrected chi connectivity index (χ0v) is 17.9. The number of carbonyl (C=O) groups excluding carboxylic acids is 2. The maximum absolute atomic E-state index is 13.4. The SMILES string of the molecule is O=C(NC12CCC(C(=O)NC3(c4ccccc4)CC3)(CC1)CC2)OCc1ccccc1. The van der Waals surface area contributed by atoms with Crippen LogP contribution < -0.4 is 10.6 Å². The smallest absolute Gasteiger partial charge is 0.407 e. The van der Waals surface area contributed by atoms with Crippen molar-refractivity contribution in [1.82, 2.24) is 10.6 Å². The molecule has 0 saturated heterocycles. The first-order valence-electron chi connectivity index (χ1n) is 11.4. The average molecular weight is 419 g/mol. The van der Waals surface area contributed by atoms with Crippen LogP contribution in [-0.4, -0.2) is 17.5 Å². The van der Waals surface area contributed by atoms with Crippen LogP contribution in [0.4, 0.5) is 4.79 Å². The third kappa shape index (κ3) is 3.93. The molecule has 2 amide bonds. The minimum Gasteiger partial charge on any atom is -0.445 e. The van der Waals surface area contributed by atoms with E-state index in [1.807, 2.05) is 48.5 Å². The second kappa shape index (κ2) is 7.70. The summed E-state index contributed by atoms with van der Waals surface area (Å²) >= 11 is 0. The van der Waals surface area contributed by atoms with Crippen molar-refractivity contribution in [3.63, 3.8) is 0 Å². The number of benzene rings is 2. The Morgan fingerprint density at radius 3 is 1.90 bits per heavy atom. The average Bonchev–Trinajstić information content (AvgIpc) is 3.61. The lowest BCUT2D eigenvalue weighted by Gasteiger charge is -2.52. The molecule has 0 aliphatic heterocycles. The van der Waals surface area contributed by atoms with Crippen molar-refractivity contribution in [2.45, 2.75) is 69.1 Å². The van der Waals surface area contributed by atoms with Crippen LogP contribution in [0.5, 0.6) is 0 Å². The molecule has 0 atom stereocenters. The molecule has 4 fully saturated rings. The Balaban J connectivity index is 1.17. The second-order valence-corrected chi connectivity index (χ2v) is 9.65. The third-order valence-electron chi connectivity index (χ3n) is 7.74. The molecular weight excluding hydrogens is 388 g/mol. The lowest BCUT2D eigenvalue weighted by Crippen LogP contribution is -2.60. The van der Waals surface area contributed by atoms with Gasteiger partial charge < -0.3 is 15.4 Å². The van der Waals surface area contributed by atoms with Crippen molar-refractivity contribution in [2.75, 3.05) is 0 Å². The highest BCUT2D eigenvalue weighted by Gasteiger charge is 2.55. The molecule has 0 spiro atoms. The van der Waals surface area contributed by atoms with Crippen molar-refractivity contribution in [3.8, 4) is 0 Å². The van der Waals surface area contributed by atoms with Crippen LogP contribution in [0.2, 0.25) is 0 Å². The van der Waals surface area contributed by atoms with E-state index in [1.54, 1.807) is 0 Å². The molecule has 5 nitrogen and oxygen atoms in total. The molecule has 5 heteroatoms. The quantitative estimate of drug-likeness (QED) is 0.707. The molecule has 0 heterocycles. The van der Waals surface area contributed by atoms with E-state index in [0.717, 1.165) is 56.9 Å². The summed E-state index contributed by atoms with van der Waals surface area (Å²) in [7, 11) is 0. The summed E-state index contributed by atoms with van der Waals surface area (Å²) in [5.74, 6) is 0.203. The highest BCUT2D eigenvalue weighted by atomic mass is 16.5. The molecule has 2 N–H and O–H groups in total. The maximum Gasteiger partial charge on any atom is 0.407 e. The van der Waals surface area contributed by atoms with Crippen LogP contribution in [0, 0.1) is 5.41 Å². The largest absolute Gasteiger partial charge is 0.445 e. The van der Waals surface area contributed by atoms with E-state index in [4.69, 9.17) is 4.74 Å². The van der Waals surface area contributed by atoms with Gasteiger partial charge in [-0.1, -0.05) is 60.7 Å². The Hall–Kier alpha value is -2.82. The number of ether oxygens (including phenoxy) is 1. The number of alkyl carbamates (subject to hydrolysis) is 1. The predicted molar refractivity (Wildman–Crippen MR) is 118 cm³/mol. The monoisotopic (exact) mass is 418 g/mol. The van der Waals surface area contributed by atoms with E-state index in [9.17, 15) is 9.59 Å². The third-order valence-corrected chi connectivity index (χ3v) is 7.74. The van der Waals surface area contributed by atoms with Gasteiger partial charge >= 0.3 is 6.09 Å². The first-order chi connectivity index (χ1) is 15.0. The van der Waals surface area contributed by atoms with Crippen molar-refractivity contribution in [3.05, 3.63) is 71.8 Å². The summed E-state index contributed by atoms with van der Waals surface area (Å²) in [5.41, 5.74) is 1.50. The summed E-state index contributed by atoms with van der Waals surface area (Å²) in [6.07, 6.45) is 6.63. The van der Waals surface area contributed by atoms with Gasteiger partial charge in [0.15, 0.2) is 0 Å². The van der Waals surface area contributed by atoms with Crippen LogP contribution in [-0.2, 0) is 21.7 Å². The summed E-state index contributed by atoms with van der Waals surface area (Å²) in [4.78, 5) is 25.8. The van der Waals surface area contributed by atoms with Gasteiger partial charge in [0.2, 0.25) is 5.91 Å². The Labute approximate surface area is 183 Å². The standard InChI is InChI=1S/C26H30N2O3/c29-22(27-26(17-18-26)21-9-5-2-6-10-21)24-11-14-25(15-12-24,16-13-24)28-23(30)31-19-20-7-3-1-4-8-20/h1-10H,11-19H2,(H,27,29)(H,28,30). The fourth-order valence-electron chi connectivity index (χ4n) is 5.41. The van der Waals surface area contributed by atoms with Gasteiger partial charge in [0.1, 0.15) is 6.61 Å². The van der Waals surface area contributed by atoms with Crippen LogP contribution in [0.1, 0.15) is 62.5 Å². The van der Waals surface area contributed by atoms with Gasteiger partial charge in [-0.25, -0.2) is 4.79 Å². The number of nitrogens with one attached hydrogen (secondary N) is 2. The number of hydrogen-bond acceptors (Lipinski definition) is 3. The molecule has 4 aliphatic carbocycles. The molecule has 2 bridgehead atoms. The molecule has 0 radical (unpaired) electrons. The van der Waals surface area contributed by atoms with Crippen LogP contribution in [0.25, 0.3) is 0 Å². The van der Waals surface area contributed by atoms with Crippen molar-refractivity contribution in [1.29, 1.82) is 0 Å². The van der Waals surface area contributed by atoms with E-state index in [0.29, 0.717) is 0 Å². The molecule has 4 aliphatic rings. The Morgan fingerprint density at radius 1 is 0.742 bits per heavy atom. The Kier molecular flexibility index (Phi) is 4.99. The van der Waals surface area contributed by atoms with Gasteiger partial charge in [0.25, 0.3) is 0 Å². The van der Waals surface area contributed by atoms with Gasteiger partial charge in [0.05, 0.1) is 5.54 Å². The lowest BCUT2D eigenvalue weighted by molar-refractivity contribution is -0.139. The van der Waals surface area contributed by atoms with E-state index in [2.05, 4.69) is 22.8 Å². The lowest BCUT2D eigenvalue weighted by atomic mass is 9.57. The van der Waals surface area contributed by atoms with Gasteiger partial charge in [-0.05, 0) is 62.5 Å². The van der Waals surface area contributed by atoms with Gasteiger partial charge in [-0.3, -0.25) is 4.79 Å². The fourth-order valence-corrected chi connectivity index (χ4v) is 5.41. The molecule has 162 valence electrons. The van der Waals surface area contributed by atoms with E-state index in [1.165, 1.54) is 5.56 Å². The number of carbonyl (C=O) groups is 2. The molecule has 2 aromatic carbocycles. The molecule has 2 aromatic rings. The molecule has 6 rings (SSSR count). The second-order valence-electron chi connectivity index (χ2n) is 9.65. The first kappa shape index (κ1) is 20.1. The van der Waals surface area contributed by atoms with Gasteiger partial charge in [-0.2, -0.15) is 0 Å². The summed E-state index contributed by atoms with van der Waals surface area (Å²) in [5, 5.41) is 6.55. The molecule has 31 heavy (non-hydrogen) atoms. The number of fused-ring (bicyclic) bond motifs is 3. The zero-order chi connectivity index (χ0) is 21.4. The van der Waals surface area contributed by atoms with Crippen LogP contribution >= 0.6 is 0 Å². The fraction of sp³-hybridized carbons (Fsp3) is 0.462. The van der Waals surface area contributed by atoms with Crippen LogP contribution in [0.15, 0.2) is 60.7 Å². The minimum atomic E-state index is -0.358. The molecule has 4 saturated carbocycles. The Bertz CT molecular complexity index is 929. The highest BCUT2D eigenvalue weighted by Crippen LogP contribution is 2.54. The topological polar surface area (TPSA) is 67.4 Å². The summed E-state index contributed by atoms with van der Waals surface area (Å²) < 4.78 is 5.44. The van der Waals surface area contributed by atoms with Crippen LogP contribution in [0.3, 0.4) is 0 Å². The van der Waals surface area contributed by atoms with E-state index < -0.39 is 0 Å².